The fraction of sp³-hybridized carbons (Fsp3) is 0.611. The Morgan fingerprint density at radius 3 is 1.68 bits per heavy atom. The molecule has 0 amide bonds. The summed E-state index contributed by atoms with van der Waals surface area (Å²) in [5, 5.41) is 9.47. The molecule has 0 aromatic carbocycles. The number of aliphatic hydroxyl groups is 1. The van der Waals surface area contributed by atoms with Gasteiger partial charge in [0.25, 0.3) is 0 Å². The van der Waals surface area contributed by atoms with Crippen molar-refractivity contribution in [1.82, 2.24) is 0 Å². The number of carbonyl (C=O) groups is 2. The zero-order valence-electron chi connectivity index (χ0n) is 26.0. The number of hydrogen-bond donors (Lipinski definition) is 1. The monoisotopic (exact) mass is 570 g/mol. The Labute approximate surface area is 251 Å². The van der Waals surface area contributed by atoms with Crippen molar-refractivity contribution >= 4 is 11.9 Å². The van der Waals surface area contributed by atoms with Gasteiger partial charge in [-0.3, -0.25) is 9.59 Å². The maximum absolute atomic E-state index is 12.0. The van der Waals surface area contributed by atoms with Crippen LogP contribution in [0, 0.1) is 0 Å². The second kappa shape index (κ2) is 31.9. The number of ether oxygens (including phenoxy) is 2. The Morgan fingerprint density at radius 2 is 1.12 bits per heavy atom. The van der Waals surface area contributed by atoms with Crippen molar-refractivity contribution in [3.63, 3.8) is 0 Å². The molecule has 0 radical (unpaired) electrons. The first-order valence-corrected chi connectivity index (χ1v) is 16.0. The largest absolute Gasteiger partial charge is 0.462 e. The highest BCUT2D eigenvalue weighted by atomic mass is 16.6. The lowest BCUT2D eigenvalue weighted by Crippen LogP contribution is -2.28. The molecule has 0 aliphatic rings. The highest BCUT2D eigenvalue weighted by Crippen LogP contribution is 2.09. The van der Waals surface area contributed by atoms with Crippen LogP contribution < -0.4 is 0 Å². The van der Waals surface area contributed by atoms with Gasteiger partial charge in [0.15, 0.2) is 6.10 Å². The summed E-state index contributed by atoms with van der Waals surface area (Å²) in [4.78, 5) is 24.0. The topological polar surface area (TPSA) is 72.8 Å². The SMILES string of the molecule is CC/C=C\C/C=C\C/C=C\C/C=C\C/C=C\CC(=O)OC(CO)COC(=O)CCCCCCC/C=C\CCCCC. The molecule has 1 atom stereocenters. The number of carbonyl (C=O) groups excluding carboxylic acids is 2. The molecule has 5 heteroatoms. The zero-order chi connectivity index (χ0) is 30.1. The molecule has 232 valence electrons. The van der Waals surface area contributed by atoms with Crippen molar-refractivity contribution in [2.75, 3.05) is 13.2 Å². The van der Waals surface area contributed by atoms with Gasteiger partial charge in [-0.1, -0.05) is 119 Å². The third kappa shape index (κ3) is 30.1. The van der Waals surface area contributed by atoms with E-state index in [4.69, 9.17) is 9.47 Å². The van der Waals surface area contributed by atoms with Crippen LogP contribution in [0.2, 0.25) is 0 Å². The van der Waals surface area contributed by atoms with Gasteiger partial charge >= 0.3 is 11.9 Å². The highest BCUT2D eigenvalue weighted by molar-refractivity contribution is 5.71. The summed E-state index contributed by atoms with van der Waals surface area (Å²) < 4.78 is 10.4. The fourth-order valence-corrected chi connectivity index (χ4v) is 3.86. The lowest BCUT2D eigenvalue weighted by Gasteiger charge is -2.15. The van der Waals surface area contributed by atoms with Crippen LogP contribution in [0.3, 0.4) is 0 Å². The number of unbranched alkanes of at least 4 members (excludes halogenated alkanes) is 8. The second-order valence-corrected chi connectivity index (χ2v) is 10.2. The molecule has 1 unspecified atom stereocenters. The number of rotatable bonds is 27. The molecular weight excluding hydrogens is 512 g/mol. The lowest BCUT2D eigenvalue weighted by atomic mass is 10.1. The Hall–Kier alpha value is -2.66. The lowest BCUT2D eigenvalue weighted by molar-refractivity contribution is -0.160. The molecule has 0 saturated carbocycles. The van der Waals surface area contributed by atoms with Gasteiger partial charge in [-0.2, -0.15) is 0 Å². The summed E-state index contributed by atoms with van der Waals surface area (Å²) in [5.74, 6) is -0.760. The van der Waals surface area contributed by atoms with Gasteiger partial charge < -0.3 is 14.6 Å². The molecule has 0 aliphatic heterocycles. The van der Waals surface area contributed by atoms with E-state index in [1.54, 1.807) is 6.08 Å². The summed E-state index contributed by atoms with van der Waals surface area (Å²) in [6.07, 6.45) is 41.2. The Bertz CT molecular complexity index is 788. The van der Waals surface area contributed by atoms with E-state index in [0.29, 0.717) is 6.42 Å². The van der Waals surface area contributed by atoms with E-state index in [2.05, 4.69) is 74.6 Å². The third-order valence-electron chi connectivity index (χ3n) is 6.27. The van der Waals surface area contributed by atoms with Gasteiger partial charge in [0.2, 0.25) is 0 Å². The summed E-state index contributed by atoms with van der Waals surface area (Å²) in [7, 11) is 0. The quantitative estimate of drug-likeness (QED) is 0.0605. The predicted octanol–water partition coefficient (Wildman–Crippen LogP) is 9.44. The normalized spacial score (nSPS) is 13.1. The molecule has 0 aromatic heterocycles. The Morgan fingerprint density at radius 1 is 0.610 bits per heavy atom. The average molecular weight is 571 g/mol. The molecule has 0 aliphatic carbocycles. The smallest absolute Gasteiger partial charge is 0.310 e. The summed E-state index contributed by atoms with van der Waals surface area (Å²) in [6, 6.07) is 0. The highest BCUT2D eigenvalue weighted by Gasteiger charge is 2.15. The fourth-order valence-electron chi connectivity index (χ4n) is 3.86. The van der Waals surface area contributed by atoms with Crippen LogP contribution in [-0.4, -0.2) is 36.4 Å². The van der Waals surface area contributed by atoms with E-state index in [-0.39, 0.29) is 25.6 Å². The first-order chi connectivity index (χ1) is 20.1. The average Bonchev–Trinajstić information content (AvgIpc) is 2.97. The molecule has 0 heterocycles. The van der Waals surface area contributed by atoms with Gasteiger partial charge in [-0.15, -0.1) is 0 Å². The van der Waals surface area contributed by atoms with Gasteiger partial charge in [-0.25, -0.2) is 0 Å². The summed E-state index contributed by atoms with van der Waals surface area (Å²) in [5.41, 5.74) is 0. The van der Waals surface area contributed by atoms with Crippen LogP contribution in [-0.2, 0) is 19.1 Å². The number of allylic oxidation sites excluding steroid dienone is 11. The van der Waals surface area contributed by atoms with Crippen LogP contribution in [0.4, 0.5) is 0 Å². The zero-order valence-corrected chi connectivity index (χ0v) is 26.0. The molecule has 5 nitrogen and oxygen atoms in total. The molecule has 0 aromatic rings. The van der Waals surface area contributed by atoms with Gasteiger partial charge in [0.05, 0.1) is 13.0 Å². The van der Waals surface area contributed by atoms with Crippen LogP contribution in [0.15, 0.2) is 72.9 Å². The van der Waals surface area contributed by atoms with Crippen LogP contribution in [0.5, 0.6) is 0 Å². The van der Waals surface area contributed by atoms with E-state index >= 15 is 0 Å². The summed E-state index contributed by atoms with van der Waals surface area (Å²) >= 11 is 0. The standard InChI is InChI=1S/C36H58O5/c1-3-5-7-9-11-13-15-17-18-19-21-23-25-27-29-31-36(39)41-34(32-37)33-40-35(38)30-28-26-24-22-20-16-14-12-10-8-6-4-2/h5,7,11-14,17-18,21,23,27,29,34,37H,3-4,6,8-10,15-16,19-20,22,24-26,28,30-33H2,1-2H3/b7-5-,13-11-,14-12-,18-17-,23-21-,29-27-. The number of aliphatic hydroxyl groups excluding tert-OH is 1. The van der Waals surface area contributed by atoms with E-state index in [1.807, 2.05) is 6.08 Å². The van der Waals surface area contributed by atoms with Crippen LogP contribution in [0.1, 0.15) is 123 Å². The van der Waals surface area contributed by atoms with Gasteiger partial charge in [0.1, 0.15) is 6.61 Å². The van der Waals surface area contributed by atoms with Crippen molar-refractivity contribution in [2.45, 2.75) is 129 Å². The van der Waals surface area contributed by atoms with E-state index in [0.717, 1.165) is 57.8 Å². The molecule has 1 N–H and O–H groups in total. The second-order valence-electron chi connectivity index (χ2n) is 10.2. The van der Waals surface area contributed by atoms with E-state index in [1.165, 1.54) is 38.5 Å². The predicted molar refractivity (Wildman–Crippen MR) is 173 cm³/mol. The van der Waals surface area contributed by atoms with E-state index < -0.39 is 12.1 Å². The Balaban J connectivity index is 3.80. The maximum atomic E-state index is 12.0. The third-order valence-corrected chi connectivity index (χ3v) is 6.27. The molecule has 0 bridgehead atoms. The molecule has 0 fully saturated rings. The van der Waals surface area contributed by atoms with Gasteiger partial charge in [0, 0.05) is 6.42 Å². The minimum atomic E-state index is -0.829. The van der Waals surface area contributed by atoms with Crippen LogP contribution >= 0.6 is 0 Å². The van der Waals surface area contributed by atoms with Crippen LogP contribution in [0.25, 0.3) is 0 Å². The summed E-state index contributed by atoms with van der Waals surface area (Å²) in [6.45, 7) is 3.87. The first-order valence-electron chi connectivity index (χ1n) is 16.0. The van der Waals surface area contributed by atoms with Gasteiger partial charge in [-0.05, 0) is 64.2 Å². The molecule has 0 rings (SSSR count). The van der Waals surface area contributed by atoms with Crippen molar-refractivity contribution in [1.29, 1.82) is 0 Å². The van der Waals surface area contributed by atoms with Crippen molar-refractivity contribution in [3.8, 4) is 0 Å². The van der Waals surface area contributed by atoms with Crippen molar-refractivity contribution in [3.05, 3.63) is 72.9 Å². The minimum Gasteiger partial charge on any atom is -0.462 e. The Kier molecular flexibility index (Phi) is 29.8. The minimum absolute atomic E-state index is 0.114. The molecule has 0 spiro atoms. The van der Waals surface area contributed by atoms with Crippen molar-refractivity contribution < 1.29 is 24.2 Å². The molecular formula is C36H58O5. The maximum Gasteiger partial charge on any atom is 0.310 e. The van der Waals surface area contributed by atoms with E-state index in [9.17, 15) is 14.7 Å². The van der Waals surface area contributed by atoms with Crippen molar-refractivity contribution in [2.24, 2.45) is 0 Å². The number of hydrogen-bond acceptors (Lipinski definition) is 5. The molecule has 41 heavy (non-hydrogen) atoms. The first kappa shape index (κ1) is 38.3. The molecule has 0 saturated heterocycles. The number of esters is 2.